The number of amides is 2. The summed E-state index contributed by atoms with van der Waals surface area (Å²) >= 11 is 5.87. The standard InChI is InChI=1S/C11H12ClN3O2/c1-2-13-10(16)11(17)15-14-7-8-5-3-4-6-9(8)12/h3-7H,2H2,1H3,(H,13,16)(H,15,17)/b14-7+. The van der Waals surface area contributed by atoms with Gasteiger partial charge < -0.3 is 5.32 Å². The summed E-state index contributed by atoms with van der Waals surface area (Å²) in [5.41, 5.74) is 2.76. The van der Waals surface area contributed by atoms with Crippen LogP contribution in [0.3, 0.4) is 0 Å². The topological polar surface area (TPSA) is 70.6 Å². The van der Waals surface area contributed by atoms with E-state index >= 15 is 0 Å². The van der Waals surface area contributed by atoms with Gasteiger partial charge in [0, 0.05) is 17.1 Å². The minimum Gasteiger partial charge on any atom is -0.348 e. The molecule has 0 saturated heterocycles. The molecule has 2 N–H and O–H groups in total. The zero-order valence-corrected chi connectivity index (χ0v) is 9.99. The fourth-order valence-corrected chi connectivity index (χ4v) is 1.22. The first-order valence-electron chi connectivity index (χ1n) is 5.01. The lowest BCUT2D eigenvalue weighted by atomic mass is 10.2. The van der Waals surface area contributed by atoms with E-state index in [-0.39, 0.29) is 0 Å². The average molecular weight is 254 g/mol. The van der Waals surface area contributed by atoms with Crippen molar-refractivity contribution in [3.8, 4) is 0 Å². The van der Waals surface area contributed by atoms with E-state index in [4.69, 9.17) is 11.6 Å². The van der Waals surface area contributed by atoms with Crippen LogP contribution in [0.15, 0.2) is 29.4 Å². The molecule has 0 spiro atoms. The van der Waals surface area contributed by atoms with Crippen LogP contribution in [0.2, 0.25) is 5.02 Å². The third-order valence-electron chi connectivity index (χ3n) is 1.82. The number of hydrogen-bond donors (Lipinski definition) is 2. The van der Waals surface area contributed by atoms with Crippen LogP contribution in [0.1, 0.15) is 12.5 Å². The fraction of sp³-hybridized carbons (Fsp3) is 0.182. The quantitative estimate of drug-likeness (QED) is 0.478. The molecule has 0 aliphatic rings. The van der Waals surface area contributed by atoms with E-state index in [0.717, 1.165) is 0 Å². The van der Waals surface area contributed by atoms with Crippen molar-refractivity contribution in [1.82, 2.24) is 10.7 Å². The van der Waals surface area contributed by atoms with E-state index in [1.165, 1.54) is 6.21 Å². The van der Waals surface area contributed by atoms with Crippen molar-refractivity contribution in [2.75, 3.05) is 6.54 Å². The van der Waals surface area contributed by atoms with Gasteiger partial charge in [0.15, 0.2) is 0 Å². The average Bonchev–Trinajstić information content (AvgIpc) is 2.31. The highest BCUT2D eigenvalue weighted by molar-refractivity contribution is 6.35. The largest absolute Gasteiger partial charge is 0.348 e. The lowest BCUT2D eigenvalue weighted by Gasteiger charge is -2.00. The molecule has 0 radical (unpaired) electrons. The molecule has 0 aliphatic heterocycles. The number of rotatable bonds is 3. The van der Waals surface area contributed by atoms with Gasteiger partial charge in [0.1, 0.15) is 0 Å². The molecule has 0 aliphatic carbocycles. The second-order valence-electron chi connectivity index (χ2n) is 3.08. The predicted molar refractivity (Wildman–Crippen MR) is 65.9 cm³/mol. The highest BCUT2D eigenvalue weighted by atomic mass is 35.5. The van der Waals surface area contributed by atoms with Gasteiger partial charge in [-0.1, -0.05) is 29.8 Å². The molecule has 17 heavy (non-hydrogen) atoms. The normalized spacial score (nSPS) is 10.2. The highest BCUT2D eigenvalue weighted by Gasteiger charge is 2.10. The minimum absolute atomic E-state index is 0.389. The SMILES string of the molecule is CCNC(=O)C(=O)N/N=C/c1ccccc1Cl. The van der Waals surface area contributed by atoms with Crippen LogP contribution in [0.25, 0.3) is 0 Å². The summed E-state index contributed by atoms with van der Waals surface area (Å²) in [6.45, 7) is 2.11. The predicted octanol–water partition coefficient (Wildman–Crippen LogP) is 0.926. The molecule has 1 aromatic rings. The molecular weight excluding hydrogens is 242 g/mol. The van der Waals surface area contributed by atoms with Crippen LogP contribution in [-0.4, -0.2) is 24.6 Å². The van der Waals surface area contributed by atoms with E-state index in [1.807, 2.05) is 0 Å². The van der Waals surface area contributed by atoms with Gasteiger partial charge in [-0.05, 0) is 13.0 Å². The number of hydrazone groups is 1. The molecule has 0 bridgehead atoms. The number of nitrogens with one attached hydrogen (secondary N) is 2. The maximum absolute atomic E-state index is 11.1. The Labute approximate surface area is 104 Å². The van der Waals surface area contributed by atoms with Crippen molar-refractivity contribution in [3.05, 3.63) is 34.9 Å². The molecule has 0 atom stereocenters. The van der Waals surface area contributed by atoms with Gasteiger partial charge in [0.05, 0.1) is 6.21 Å². The summed E-state index contributed by atoms with van der Waals surface area (Å²) in [5.74, 6) is -1.53. The Morgan fingerprint density at radius 2 is 2.06 bits per heavy atom. The van der Waals surface area contributed by atoms with E-state index < -0.39 is 11.8 Å². The summed E-state index contributed by atoms with van der Waals surface area (Å²) in [6, 6.07) is 7.02. The Bertz CT molecular complexity index is 446. The summed E-state index contributed by atoms with van der Waals surface area (Å²) in [7, 11) is 0. The van der Waals surface area contributed by atoms with E-state index in [9.17, 15) is 9.59 Å². The molecule has 1 rings (SSSR count). The maximum Gasteiger partial charge on any atom is 0.329 e. The van der Waals surface area contributed by atoms with Gasteiger partial charge >= 0.3 is 11.8 Å². The number of carbonyl (C=O) groups is 2. The monoisotopic (exact) mass is 253 g/mol. The molecule has 5 nitrogen and oxygen atoms in total. The molecule has 0 heterocycles. The highest BCUT2D eigenvalue weighted by Crippen LogP contribution is 2.11. The van der Waals surface area contributed by atoms with Crippen molar-refractivity contribution in [3.63, 3.8) is 0 Å². The Morgan fingerprint density at radius 1 is 1.35 bits per heavy atom. The van der Waals surface area contributed by atoms with Gasteiger partial charge in [-0.3, -0.25) is 9.59 Å². The summed E-state index contributed by atoms with van der Waals surface area (Å²) in [6.07, 6.45) is 1.37. The van der Waals surface area contributed by atoms with Gasteiger partial charge in [-0.15, -0.1) is 0 Å². The van der Waals surface area contributed by atoms with Crippen LogP contribution in [0.5, 0.6) is 0 Å². The molecule has 0 saturated carbocycles. The number of likely N-dealkylation sites (N-methyl/N-ethyl adjacent to an activating group) is 1. The number of halogens is 1. The van der Waals surface area contributed by atoms with Crippen LogP contribution < -0.4 is 10.7 Å². The summed E-state index contributed by atoms with van der Waals surface area (Å²) in [4.78, 5) is 22.2. The maximum atomic E-state index is 11.1. The smallest absolute Gasteiger partial charge is 0.329 e. The first-order chi connectivity index (χ1) is 8.15. The first kappa shape index (κ1) is 13.2. The van der Waals surface area contributed by atoms with Gasteiger partial charge in [0.2, 0.25) is 0 Å². The Hall–Kier alpha value is -1.88. The van der Waals surface area contributed by atoms with Crippen molar-refractivity contribution in [2.24, 2.45) is 5.10 Å². The zero-order valence-electron chi connectivity index (χ0n) is 9.24. The molecule has 90 valence electrons. The Morgan fingerprint density at radius 3 is 2.71 bits per heavy atom. The number of carbonyl (C=O) groups excluding carboxylic acids is 2. The lowest BCUT2D eigenvalue weighted by Crippen LogP contribution is -2.37. The third-order valence-corrected chi connectivity index (χ3v) is 2.16. The Balaban J connectivity index is 2.54. The van der Waals surface area contributed by atoms with E-state index in [1.54, 1.807) is 31.2 Å². The minimum atomic E-state index is -0.810. The molecule has 2 amide bonds. The van der Waals surface area contributed by atoms with Gasteiger partial charge in [-0.25, -0.2) is 5.43 Å². The van der Waals surface area contributed by atoms with Crippen LogP contribution >= 0.6 is 11.6 Å². The van der Waals surface area contributed by atoms with Crippen molar-refractivity contribution in [2.45, 2.75) is 6.92 Å². The molecule has 0 unspecified atom stereocenters. The molecule has 0 fully saturated rings. The zero-order chi connectivity index (χ0) is 12.7. The van der Waals surface area contributed by atoms with Crippen LogP contribution in [0, 0.1) is 0 Å². The second kappa shape index (κ2) is 6.65. The molecule has 1 aromatic carbocycles. The van der Waals surface area contributed by atoms with E-state index in [2.05, 4.69) is 15.8 Å². The van der Waals surface area contributed by atoms with Crippen molar-refractivity contribution < 1.29 is 9.59 Å². The third kappa shape index (κ3) is 4.24. The first-order valence-corrected chi connectivity index (χ1v) is 5.38. The van der Waals surface area contributed by atoms with Gasteiger partial charge in [-0.2, -0.15) is 5.10 Å². The number of nitrogens with zero attached hydrogens (tertiary/aromatic N) is 1. The van der Waals surface area contributed by atoms with Crippen molar-refractivity contribution >= 4 is 29.6 Å². The lowest BCUT2D eigenvalue weighted by molar-refractivity contribution is -0.139. The number of hydrogen-bond acceptors (Lipinski definition) is 3. The van der Waals surface area contributed by atoms with E-state index in [0.29, 0.717) is 17.1 Å². The fourth-order valence-electron chi connectivity index (χ4n) is 1.03. The molecule has 6 heteroatoms. The summed E-state index contributed by atoms with van der Waals surface area (Å²) in [5, 5.41) is 6.51. The van der Waals surface area contributed by atoms with Crippen LogP contribution in [-0.2, 0) is 9.59 Å². The van der Waals surface area contributed by atoms with Crippen molar-refractivity contribution in [1.29, 1.82) is 0 Å². The van der Waals surface area contributed by atoms with Gasteiger partial charge in [0.25, 0.3) is 0 Å². The number of benzene rings is 1. The van der Waals surface area contributed by atoms with Crippen LogP contribution in [0.4, 0.5) is 0 Å². The molecular formula is C11H12ClN3O2. The Kier molecular flexibility index (Phi) is 5.16. The second-order valence-corrected chi connectivity index (χ2v) is 3.49. The molecule has 0 aromatic heterocycles. The summed E-state index contributed by atoms with van der Waals surface area (Å²) < 4.78 is 0.